The highest BCUT2D eigenvalue weighted by atomic mass is 16.5. The third-order valence-corrected chi connectivity index (χ3v) is 3.12. The summed E-state index contributed by atoms with van der Waals surface area (Å²) in [4.78, 5) is 0. The second-order valence-electron chi connectivity index (χ2n) is 4.38. The maximum atomic E-state index is 5.46. The molecule has 1 atom stereocenters. The summed E-state index contributed by atoms with van der Waals surface area (Å²) in [5, 5.41) is 3.36. The van der Waals surface area contributed by atoms with Gasteiger partial charge in [0.05, 0.1) is 13.2 Å². The van der Waals surface area contributed by atoms with Gasteiger partial charge in [-0.15, -0.1) is 0 Å². The van der Waals surface area contributed by atoms with Crippen molar-refractivity contribution in [3.8, 4) is 5.75 Å². The van der Waals surface area contributed by atoms with Gasteiger partial charge in [0.1, 0.15) is 5.75 Å². The van der Waals surface area contributed by atoms with Crippen LogP contribution in [0.3, 0.4) is 0 Å². The Morgan fingerprint density at radius 3 is 2.39 bits per heavy atom. The van der Waals surface area contributed by atoms with Crippen molar-refractivity contribution in [1.29, 1.82) is 0 Å². The van der Waals surface area contributed by atoms with Crippen molar-refractivity contribution in [3.05, 3.63) is 65.2 Å². The molecular formula is C16H19NO. The van der Waals surface area contributed by atoms with Crippen LogP contribution in [0.1, 0.15) is 22.7 Å². The lowest BCUT2D eigenvalue weighted by Gasteiger charge is -2.20. The van der Waals surface area contributed by atoms with E-state index in [1.165, 1.54) is 16.7 Å². The number of ether oxygens (including phenoxy) is 1. The largest absolute Gasteiger partial charge is 0.496 e. The highest BCUT2D eigenvalue weighted by molar-refractivity contribution is 5.43. The first-order valence-electron chi connectivity index (χ1n) is 6.13. The molecule has 0 bridgehead atoms. The molecule has 1 unspecified atom stereocenters. The summed E-state index contributed by atoms with van der Waals surface area (Å²) in [5.74, 6) is 0.920. The summed E-state index contributed by atoms with van der Waals surface area (Å²) >= 11 is 0. The van der Waals surface area contributed by atoms with Crippen molar-refractivity contribution in [2.24, 2.45) is 0 Å². The summed E-state index contributed by atoms with van der Waals surface area (Å²) in [6.45, 7) is 2.10. The molecule has 2 aromatic rings. The minimum absolute atomic E-state index is 0.154. The number of hydrogen-bond acceptors (Lipinski definition) is 2. The molecule has 2 nitrogen and oxygen atoms in total. The molecule has 0 fully saturated rings. The van der Waals surface area contributed by atoms with Crippen LogP contribution in [0.15, 0.2) is 48.5 Å². The van der Waals surface area contributed by atoms with Crippen molar-refractivity contribution in [2.75, 3.05) is 14.2 Å². The zero-order valence-electron chi connectivity index (χ0n) is 11.1. The average Bonchev–Trinajstić information content (AvgIpc) is 2.41. The third-order valence-electron chi connectivity index (χ3n) is 3.12. The van der Waals surface area contributed by atoms with Gasteiger partial charge in [-0.1, -0.05) is 48.0 Å². The Morgan fingerprint density at radius 1 is 1.06 bits per heavy atom. The zero-order chi connectivity index (χ0) is 13.0. The first-order chi connectivity index (χ1) is 8.76. The van der Waals surface area contributed by atoms with Crippen LogP contribution in [0.5, 0.6) is 5.75 Å². The van der Waals surface area contributed by atoms with Crippen molar-refractivity contribution in [3.63, 3.8) is 0 Å². The fourth-order valence-corrected chi connectivity index (χ4v) is 2.23. The molecule has 18 heavy (non-hydrogen) atoms. The van der Waals surface area contributed by atoms with E-state index < -0.39 is 0 Å². The SMILES string of the molecule is CNC(c1ccccc1)c1cc(C)ccc1OC. The van der Waals surface area contributed by atoms with Crippen molar-refractivity contribution < 1.29 is 4.74 Å². The van der Waals surface area contributed by atoms with Gasteiger partial charge in [-0.05, 0) is 25.6 Å². The van der Waals surface area contributed by atoms with Gasteiger partial charge in [-0.25, -0.2) is 0 Å². The summed E-state index contributed by atoms with van der Waals surface area (Å²) in [5.41, 5.74) is 3.65. The first-order valence-corrected chi connectivity index (χ1v) is 6.13. The Balaban J connectivity index is 2.48. The van der Waals surface area contributed by atoms with Crippen LogP contribution in [0.2, 0.25) is 0 Å². The molecule has 2 rings (SSSR count). The maximum Gasteiger partial charge on any atom is 0.123 e. The van der Waals surface area contributed by atoms with E-state index >= 15 is 0 Å². The van der Waals surface area contributed by atoms with E-state index in [0.29, 0.717) is 0 Å². The first kappa shape index (κ1) is 12.7. The molecule has 0 spiro atoms. The molecule has 94 valence electrons. The predicted octanol–water partition coefficient (Wildman–Crippen LogP) is 3.31. The number of nitrogens with one attached hydrogen (secondary N) is 1. The van der Waals surface area contributed by atoms with Gasteiger partial charge in [0.25, 0.3) is 0 Å². The zero-order valence-corrected chi connectivity index (χ0v) is 11.1. The van der Waals surface area contributed by atoms with Crippen LogP contribution in [0, 0.1) is 6.92 Å². The predicted molar refractivity (Wildman–Crippen MR) is 75.1 cm³/mol. The summed E-state index contributed by atoms with van der Waals surface area (Å²) in [6, 6.07) is 16.8. The van der Waals surface area contributed by atoms with Gasteiger partial charge in [0, 0.05) is 5.56 Å². The van der Waals surface area contributed by atoms with Gasteiger partial charge in [-0.2, -0.15) is 0 Å². The smallest absolute Gasteiger partial charge is 0.123 e. The van der Waals surface area contributed by atoms with Crippen LogP contribution >= 0.6 is 0 Å². The number of rotatable bonds is 4. The Hall–Kier alpha value is -1.80. The molecule has 0 radical (unpaired) electrons. The number of methoxy groups -OCH3 is 1. The Bertz CT molecular complexity index is 508. The number of benzene rings is 2. The van der Waals surface area contributed by atoms with Crippen molar-refractivity contribution in [2.45, 2.75) is 13.0 Å². The molecule has 0 heterocycles. The van der Waals surface area contributed by atoms with E-state index in [-0.39, 0.29) is 6.04 Å². The lowest BCUT2D eigenvalue weighted by molar-refractivity contribution is 0.405. The Labute approximate surface area is 109 Å². The molecule has 0 aliphatic heterocycles. The van der Waals surface area contributed by atoms with Crippen molar-refractivity contribution in [1.82, 2.24) is 5.32 Å². The minimum Gasteiger partial charge on any atom is -0.496 e. The van der Waals surface area contributed by atoms with Gasteiger partial charge >= 0.3 is 0 Å². The summed E-state index contributed by atoms with van der Waals surface area (Å²) < 4.78 is 5.46. The normalized spacial score (nSPS) is 12.2. The molecule has 0 saturated carbocycles. The van der Waals surface area contributed by atoms with Crippen LogP contribution < -0.4 is 10.1 Å². The van der Waals surface area contributed by atoms with Crippen LogP contribution in [0.4, 0.5) is 0 Å². The molecule has 0 aromatic heterocycles. The summed E-state index contributed by atoms with van der Waals surface area (Å²) in [6.07, 6.45) is 0. The maximum absolute atomic E-state index is 5.46. The molecule has 0 saturated heterocycles. The van der Waals surface area contributed by atoms with Gasteiger partial charge in [0.2, 0.25) is 0 Å². The highest BCUT2D eigenvalue weighted by Gasteiger charge is 2.16. The topological polar surface area (TPSA) is 21.3 Å². The van der Waals surface area contributed by atoms with E-state index in [4.69, 9.17) is 4.74 Å². The van der Waals surface area contributed by atoms with Gasteiger partial charge in [-0.3, -0.25) is 0 Å². The summed E-state index contributed by atoms with van der Waals surface area (Å²) in [7, 11) is 3.69. The fraction of sp³-hybridized carbons (Fsp3) is 0.250. The molecule has 0 aliphatic rings. The van der Waals surface area contributed by atoms with E-state index in [1.807, 2.05) is 19.2 Å². The molecule has 0 aliphatic carbocycles. The third kappa shape index (κ3) is 2.54. The average molecular weight is 241 g/mol. The fourth-order valence-electron chi connectivity index (χ4n) is 2.23. The molecule has 2 heteroatoms. The second-order valence-corrected chi connectivity index (χ2v) is 4.38. The highest BCUT2D eigenvalue weighted by Crippen LogP contribution is 2.30. The Morgan fingerprint density at radius 2 is 1.78 bits per heavy atom. The standard InChI is InChI=1S/C16H19NO/c1-12-9-10-15(18-3)14(11-12)16(17-2)13-7-5-4-6-8-13/h4-11,16-17H,1-3H3. The number of aryl methyl sites for hydroxylation is 1. The van der Waals surface area contributed by atoms with E-state index in [2.05, 4.69) is 48.6 Å². The number of hydrogen-bond donors (Lipinski definition) is 1. The van der Waals surface area contributed by atoms with Crippen LogP contribution in [-0.4, -0.2) is 14.2 Å². The Kier molecular flexibility index (Phi) is 4.00. The van der Waals surface area contributed by atoms with Crippen molar-refractivity contribution >= 4 is 0 Å². The molecule has 0 amide bonds. The van der Waals surface area contributed by atoms with Crippen LogP contribution in [-0.2, 0) is 0 Å². The second kappa shape index (κ2) is 5.69. The molecular weight excluding hydrogens is 222 g/mol. The van der Waals surface area contributed by atoms with Gasteiger partial charge < -0.3 is 10.1 Å². The van der Waals surface area contributed by atoms with E-state index in [0.717, 1.165) is 5.75 Å². The monoisotopic (exact) mass is 241 g/mol. The minimum atomic E-state index is 0.154. The van der Waals surface area contributed by atoms with E-state index in [9.17, 15) is 0 Å². The lowest BCUT2D eigenvalue weighted by Crippen LogP contribution is -2.18. The molecule has 2 aromatic carbocycles. The van der Waals surface area contributed by atoms with Gasteiger partial charge in [0.15, 0.2) is 0 Å². The van der Waals surface area contributed by atoms with E-state index in [1.54, 1.807) is 7.11 Å². The lowest BCUT2D eigenvalue weighted by atomic mass is 9.96. The molecule has 1 N–H and O–H groups in total. The quantitative estimate of drug-likeness (QED) is 0.886. The van der Waals surface area contributed by atoms with Crippen LogP contribution in [0.25, 0.3) is 0 Å².